The van der Waals surface area contributed by atoms with Gasteiger partial charge in [0.05, 0.1) is 12.1 Å². The van der Waals surface area contributed by atoms with Gasteiger partial charge in [-0.15, -0.1) is 0 Å². The SMILES string of the molecule is CC(=O)N(C)CCc1noc(C2CN(Cc3ccncc3F)C2)n1. The summed E-state index contributed by atoms with van der Waals surface area (Å²) in [7, 11) is 1.74. The number of rotatable bonds is 6. The number of nitrogens with zero attached hydrogens (tertiary/aromatic N) is 5. The molecule has 0 unspecified atom stereocenters. The van der Waals surface area contributed by atoms with E-state index in [4.69, 9.17) is 4.52 Å². The van der Waals surface area contributed by atoms with Crippen molar-refractivity contribution in [3.05, 3.63) is 41.6 Å². The Morgan fingerprint density at radius 1 is 1.50 bits per heavy atom. The number of likely N-dealkylation sites (tertiary alicyclic amines) is 1. The van der Waals surface area contributed by atoms with Gasteiger partial charge < -0.3 is 9.42 Å². The molecule has 7 nitrogen and oxygen atoms in total. The summed E-state index contributed by atoms with van der Waals surface area (Å²) in [5, 5.41) is 3.96. The second-order valence-electron chi connectivity index (χ2n) is 6.10. The lowest BCUT2D eigenvalue weighted by Gasteiger charge is -2.37. The third kappa shape index (κ3) is 3.76. The molecule has 8 heteroatoms. The molecule has 0 spiro atoms. The Kier molecular flexibility index (Phi) is 4.84. The van der Waals surface area contributed by atoms with Gasteiger partial charge in [-0.3, -0.25) is 14.7 Å². The molecule has 3 heterocycles. The first-order valence-electron chi connectivity index (χ1n) is 7.88. The fourth-order valence-corrected chi connectivity index (χ4v) is 2.59. The van der Waals surface area contributed by atoms with Gasteiger partial charge in [0.25, 0.3) is 0 Å². The Labute approximate surface area is 139 Å². The van der Waals surface area contributed by atoms with Gasteiger partial charge in [-0.2, -0.15) is 4.98 Å². The van der Waals surface area contributed by atoms with Crippen molar-refractivity contribution < 1.29 is 13.7 Å². The predicted octanol–water partition coefficient (Wildman–Crippen LogP) is 1.22. The molecule has 0 aliphatic carbocycles. The lowest BCUT2D eigenvalue weighted by molar-refractivity contribution is -0.127. The van der Waals surface area contributed by atoms with E-state index in [0.29, 0.717) is 36.8 Å². The molecule has 1 aliphatic rings. The second-order valence-corrected chi connectivity index (χ2v) is 6.10. The van der Waals surface area contributed by atoms with E-state index >= 15 is 0 Å². The number of likely N-dealkylation sites (N-methyl/N-ethyl adjacent to an activating group) is 1. The molecule has 1 fully saturated rings. The maximum absolute atomic E-state index is 13.6. The van der Waals surface area contributed by atoms with Crippen LogP contribution in [0.15, 0.2) is 23.0 Å². The van der Waals surface area contributed by atoms with E-state index in [2.05, 4.69) is 20.0 Å². The molecule has 1 aliphatic heterocycles. The van der Waals surface area contributed by atoms with Crippen LogP contribution in [0.25, 0.3) is 0 Å². The normalized spacial score (nSPS) is 15.3. The molecule has 128 valence electrons. The van der Waals surface area contributed by atoms with Crippen molar-refractivity contribution in [2.45, 2.75) is 25.8 Å². The fraction of sp³-hybridized carbons (Fsp3) is 0.500. The van der Waals surface area contributed by atoms with E-state index in [0.717, 1.165) is 13.1 Å². The van der Waals surface area contributed by atoms with E-state index in [1.165, 1.54) is 13.1 Å². The maximum atomic E-state index is 13.6. The van der Waals surface area contributed by atoms with Crippen molar-refractivity contribution in [3.63, 3.8) is 0 Å². The molecule has 0 aromatic carbocycles. The summed E-state index contributed by atoms with van der Waals surface area (Å²) in [4.78, 5) is 23.1. The zero-order valence-corrected chi connectivity index (χ0v) is 13.8. The van der Waals surface area contributed by atoms with Crippen molar-refractivity contribution in [1.29, 1.82) is 0 Å². The van der Waals surface area contributed by atoms with Crippen LogP contribution in [0.5, 0.6) is 0 Å². The average molecular weight is 333 g/mol. The van der Waals surface area contributed by atoms with Gasteiger partial charge in [0, 0.05) is 58.3 Å². The summed E-state index contributed by atoms with van der Waals surface area (Å²) in [5.41, 5.74) is 0.641. The molecule has 24 heavy (non-hydrogen) atoms. The smallest absolute Gasteiger partial charge is 0.232 e. The van der Waals surface area contributed by atoms with Gasteiger partial charge in [-0.05, 0) is 6.07 Å². The largest absolute Gasteiger partial charge is 0.346 e. The van der Waals surface area contributed by atoms with Crippen molar-refractivity contribution in [1.82, 2.24) is 24.9 Å². The average Bonchev–Trinajstić information content (AvgIpc) is 2.98. The third-order valence-electron chi connectivity index (χ3n) is 4.25. The van der Waals surface area contributed by atoms with Crippen molar-refractivity contribution in [2.24, 2.45) is 0 Å². The summed E-state index contributed by atoms with van der Waals surface area (Å²) in [6, 6.07) is 1.69. The molecular formula is C16H20FN5O2. The highest BCUT2D eigenvalue weighted by Gasteiger charge is 2.32. The standard InChI is InChI=1S/C16H20FN5O2/c1-11(23)21(2)6-4-15-19-16(24-20-15)13-9-22(10-13)8-12-3-5-18-7-14(12)17/h3,5,7,13H,4,6,8-10H2,1-2H3. The third-order valence-corrected chi connectivity index (χ3v) is 4.25. The Bertz CT molecular complexity index is 714. The van der Waals surface area contributed by atoms with E-state index < -0.39 is 0 Å². The molecule has 0 atom stereocenters. The van der Waals surface area contributed by atoms with Crippen LogP contribution in [0.3, 0.4) is 0 Å². The first-order chi connectivity index (χ1) is 11.5. The molecule has 0 radical (unpaired) electrons. The minimum Gasteiger partial charge on any atom is -0.346 e. The number of hydrogen-bond donors (Lipinski definition) is 0. The van der Waals surface area contributed by atoms with Crippen molar-refractivity contribution in [3.8, 4) is 0 Å². The van der Waals surface area contributed by atoms with Crippen LogP contribution in [0, 0.1) is 5.82 Å². The fourth-order valence-electron chi connectivity index (χ4n) is 2.59. The highest BCUT2D eigenvalue weighted by Crippen LogP contribution is 2.27. The van der Waals surface area contributed by atoms with Crippen LogP contribution < -0.4 is 0 Å². The summed E-state index contributed by atoms with van der Waals surface area (Å²) >= 11 is 0. The topological polar surface area (TPSA) is 75.4 Å². The molecule has 0 saturated carbocycles. The number of halogens is 1. The zero-order valence-electron chi connectivity index (χ0n) is 13.8. The lowest BCUT2D eigenvalue weighted by atomic mass is 9.99. The van der Waals surface area contributed by atoms with Gasteiger partial charge in [0.1, 0.15) is 5.82 Å². The predicted molar refractivity (Wildman–Crippen MR) is 83.5 cm³/mol. The minimum absolute atomic E-state index is 0.0108. The first kappa shape index (κ1) is 16.5. The molecule has 2 aromatic rings. The van der Waals surface area contributed by atoms with Crippen LogP contribution in [0.2, 0.25) is 0 Å². The summed E-state index contributed by atoms with van der Waals surface area (Å²) < 4.78 is 18.9. The first-order valence-corrected chi connectivity index (χ1v) is 7.88. The Morgan fingerprint density at radius 3 is 3.00 bits per heavy atom. The molecule has 0 bridgehead atoms. The molecule has 1 amide bonds. The summed E-state index contributed by atoms with van der Waals surface area (Å²) in [6.07, 6.45) is 3.39. The van der Waals surface area contributed by atoms with Gasteiger partial charge in [0.2, 0.25) is 11.8 Å². The van der Waals surface area contributed by atoms with E-state index in [1.54, 1.807) is 24.2 Å². The van der Waals surface area contributed by atoms with E-state index in [9.17, 15) is 9.18 Å². The van der Waals surface area contributed by atoms with Crippen molar-refractivity contribution in [2.75, 3.05) is 26.7 Å². The van der Waals surface area contributed by atoms with Crippen LogP contribution in [-0.2, 0) is 17.8 Å². The summed E-state index contributed by atoms with van der Waals surface area (Å²) in [6.45, 7) is 4.16. The molecule has 0 N–H and O–H groups in total. The lowest BCUT2D eigenvalue weighted by Crippen LogP contribution is -2.44. The Balaban J connectivity index is 1.48. The highest BCUT2D eigenvalue weighted by molar-refractivity contribution is 5.72. The van der Waals surface area contributed by atoms with E-state index in [-0.39, 0.29) is 17.6 Å². The zero-order chi connectivity index (χ0) is 17.1. The number of pyridine rings is 1. The molecule has 2 aromatic heterocycles. The Hall–Kier alpha value is -2.35. The maximum Gasteiger partial charge on any atom is 0.232 e. The van der Waals surface area contributed by atoms with Crippen LogP contribution in [0.1, 0.15) is 30.1 Å². The van der Waals surface area contributed by atoms with Crippen LogP contribution in [-0.4, -0.2) is 57.5 Å². The monoisotopic (exact) mass is 333 g/mol. The number of aromatic nitrogens is 3. The van der Waals surface area contributed by atoms with Crippen LogP contribution >= 0.6 is 0 Å². The molecular weight excluding hydrogens is 313 g/mol. The Morgan fingerprint density at radius 2 is 2.29 bits per heavy atom. The number of carbonyl (C=O) groups excluding carboxylic acids is 1. The van der Waals surface area contributed by atoms with Crippen LogP contribution in [0.4, 0.5) is 4.39 Å². The highest BCUT2D eigenvalue weighted by atomic mass is 19.1. The number of carbonyl (C=O) groups is 1. The van der Waals surface area contributed by atoms with Gasteiger partial charge in [-0.25, -0.2) is 4.39 Å². The minimum atomic E-state index is -0.282. The number of amides is 1. The molecule has 3 rings (SSSR count). The summed E-state index contributed by atoms with van der Waals surface area (Å²) in [5.74, 6) is 1.13. The van der Waals surface area contributed by atoms with Crippen molar-refractivity contribution >= 4 is 5.91 Å². The number of hydrogen-bond acceptors (Lipinski definition) is 6. The molecule has 1 saturated heterocycles. The van der Waals surface area contributed by atoms with E-state index in [1.807, 2.05) is 0 Å². The second kappa shape index (κ2) is 7.04. The van der Waals surface area contributed by atoms with Gasteiger partial charge in [-0.1, -0.05) is 5.16 Å². The van der Waals surface area contributed by atoms with Gasteiger partial charge >= 0.3 is 0 Å². The quantitative estimate of drug-likeness (QED) is 0.791. The van der Waals surface area contributed by atoms with Gasteiger partial charge in [0.15, 0.2) is 5.82 Å².